The van der Waals surface area contributed by atoms with E-state index >= 15 is 0 Å². The van der Waals surface area contributed by atoms with Gasteiger partial charge in [0, 0.05) is 66.5 Å². The predicted octanol–water partition coefficient (Wildman–Crippen LogP) is 6.68. The summed E-state index contributed by atoms with van der Waals surface area (Å²) in [5.74, 6) is -1.37. The molecule has 5 amide bonds. The number of aryl methyl sites for hydroxylation is 2. The van der Waals surface area contributed by atoms with Gasteiger partial charge in [-0.3, -0.25) is 28.8 Å². The van der Waals surface area contributed by atoms with Gasteiger partial charge in [-0.1, -0.05) is 43.3 Å². The van der Waals surface area contributed by atoms with Gasteiger partial charge in [-0.25, -0.2) is 8.42 Å². The van der Waals surface area contributed by atoms with Gasteiger partial charge in [0.15, 0.2) is 17.3 Å². The van der Waals surface area contributed by atoms with Gasteiger partial charge in [0.2, 0.25) is 17.7 Å². The van der Waals surface area contributed by atoms with Crippen molar-refractivity contribution in [1.29, 1.82) is 0 Å². The maximum Gasteiger partial charge on any atom is 0.258 e. The fourth-order valence-corrected chi connectivity index (χ4v) is 11.8. The van der Waals surface area contributed by atoms with Crippen LogP contribution in [0.2, 0.25) is 0 Å². The molecule has 5 aromatic rings. The van der Waals surface area contributed by atoms with Gasteiger partial charge in [-0.15, -0.1) is 0 Å². The average molecular weight is 1040 g/mol. The summed E-state index contributed by atoms with van der Waals surface area (Å²) in [4.78, 5) is 82.2. The second kappa shape index (κ2) is 22.1. The van der Waals surface area contributed by atoms with E-state index in [0.29, 0.717) is 82.1 Å². The first-order valence-corrected chi connectivity index (χ1v) is 26.8. The number of carbonyl (C=O) groups is 6. The summed E-state index contributed by atoms with van der Waals surface area (Å²) < 4.78 is 57.3. The molecule has 0 aliphatic carbocycles. The maximum absolute atomic E-state index is 14.3. The van der Waals surface area contributed by atoms with Crippen molar-refractivity contribution >= 4 is 62.5 Å². The normalized spacial score (nSPS) is 17.7. The Bertz CT molecular complexity index is 3210. The number of ketones is 1. The molecule has 17 nitrogen and oxygen atoms in total. The minimum Gasteiger partial charge on any atom is -0.748 e. The minimum absolute atomic E-state index is 0.00664. The lowest BCUT2D eigenvalue weighted by atomic mass is 9.97. The number of benzene rings is 5. The molecule has 3 N–H and O–H groups in total. The van der Waals surface area contributed by atoms with E-state index in [4.69, 9.17) is 14.2 Å². The molecule has 4 aliphatic rings. The topological polar surface area (TPSA) is 230 Å². The number of methoxy groups -OCH3 is 1. The van der Waals surface area contributed by atoms with Crippen molar-refractivity contribution in [1.82, 2.24) is 10.6 Å². The number of para-hydroxylation sites is 2. The highest BCUT2D eigenvalue weighted by Gasteiger charge is 2.45. The lowest BCUT2D eigenvalue weighted by Gasteiger charge is -2.30. The van der Waals surface area contributed by atoms with E-state index in [-0.39, 0.29) is 80.6 Å². The van der Waals surface area contributed by atoms with Crippen LogP contribution in [0.15, 0.2) is 91.0 Å². The molecule has 18 heteroatoms. The Morgan fingerprint density at radius 1 is 0.733 bits per heavy atom. The van der Waals surface area contributed by atoms with Gasteiger partial charge in [-0.05, 0) is 145 Å². The van der Waals surface area contributed by atoms with Crippen LogP contribution in [-0.2, 0) is 68.2 Å². The van der Waals surface area contributed by atoms with Crippen molar-refractivity contribution in [2.75, 3.05) is 35.8 Å². The number of fused-ring (bicyclic) bond motifs is 8. The Balaban J connectivity index is 0.940. The van der Waals surface area contributed by atoms with Crippen molar-refractivity contribution in [3.05, 3.63) is 141 Å². The first-order chi connectivity index (χ1) is 36.0. The van der Waals surface area contributed by atoms with Crippen LogP contribution in [0.25, 0.3) is 0 Å². The average Bonchev–Trinajstić information content (AvgIpc) is 3.89. The fourth-order valence-electron chi connectivity index (χ4n) is 10.8. The molecule has 9 rings (SSSR count). The largest absolute Gasteiger partial charge is 0.748 e. The molecule has 4 atom stereocenters. The molecule has 5 aromatic carbocycles. The molecular formula is C57H60N5O12S-. The van der Waals surface area contributed by atoms with Crippen LogP contribution in [0.1, 0.15) is 105 Å². The van der Waals surface area contributed by atoms with Gasteiger partial charge >= 0.3 is 0 Å². The highest BCUT2D eigenvalue weighted by molar-refractivity contribution is 7.86. The molecule has 0 fully saturated rings. The maximum atomic E-state index is 14.3. The predicted molar refractivity (Wildman–Crippen MR) is 279 cm³/mol. The summed E-state index contributed by atoms with van der Waals surface area (Å²) in [6.07, 6.45) is 3.55. The summed E-state index contributed by atoms with van der Waals surface area (Å²) in [5, 5.41) is 6.66. The lowest BCUT2D eigenvalue weighted by molar-refractivity contribution is -0.127. The fraction of sp³-hybridized carbons (Fsp3) is 0.368. The number of amides is 5. The highest BCUT2D eigenvalue weighted by atomic mass is 32.2. The third-order valence-corrected chi connectivity index (χ3v) is 15.9. The monoisotopic (exact) mass is 1040 g/mol. The summed E-state index contributed by atoms with van der Waals surface area (Å²) in [6.45, 7) is 3.08. The van der Waals surface area contributed by atoms with Crippen LogP contribution in [0.5, 0.6) is 17.2 Å². The van der Waals surface area contributed by atoms with Crippen LogP contribution in [0.4, 0.5) is 17.1 Å². The van der Waals surface area contributed by atoms with Crippen LogP contribution in [-0.4, -0.2) is 86.3 Å². The van der Waals surface area contributed by atoms with E-state index in [9.17, 15) is 41.7 Å². The van der Waals surface area contributed by atoms with Crippen molar-refractivity contribution in [3.63, 3.8) is 0 Å². The molecule has 4 heterocycles. The third kappa shape index (κ3) is 11.4. The SMILES string of the molecule is CNC(=O)CCCCC(=O)NCC(=O)C[C@@H](C)C(=O)Nc1cc(COc2cc3c(cc2C)C(=O)N2c4ccccc4C[C@H]2C(S(=O)(=O)[O-])C3)cc(COc2cc3c(cc2OC)C(=O)N2c4ccccc4C[C@H]2CC3)c1. The van der Waals surface area contributed by atoms with E-state index < -0.39 is 39.1 Å². The highest BCUT2D eigenvalue weighted by Crippen LogP contribution is 2.43. The zero-order valence-electron chi connectivity index (χ0n) is 42.4. The van der Waals surface area contributed by atoms with Gasteiger partial charge in [0.25, 0.3) is 11.8 Å². The Hall–Kier alpha value is -7.57. The summed E-state index contributed by atoms with van der Waals surface area (Å²) in [6, 6.07) is 26.4. The van der Waals surface area contributed by atoms with Gasteiger partial charge in [0.1, 0.15) is 19.0 Å². The van der Waals surface area contributed by atoms with Crippen molar-refractivity contribution in [2.24, 2.45) is 5.92 Å². The molecule has 0 bridgehead atoms. The smallest absolute Gasteiger partial charge is 0.258 e. The molecule has 4 aliphatic heterocycles. The number of hydrogen-bond donors (Lipinski definition) is 3. The molecule has 0 spiro atoms. The quantitative estimate of drug-likeness (QED) is 0.0582. The first kappa shape index (κ1) is 52.3. The first-order valence-electron chi connectivity index (χ1n) is 25.3. The third-order valence-electron chi connectivity index (χ3n) is 14.6. The Labute approximate surface area is 436 Å². The summed E-state index contributed by atoms with van der Waals surface area (Å²) >= 11 is 0. The molecule has 392 valence electrons. The number of carbonyl (C=O) groups excluding carboxylic acids is 6. The molecule has 1 unspecified atom stereocenters. The van der Waals surface area contributed by atoms with E-state index in [1.54, 1.807) is 63.4 Å². The summed E-state index contributed by atoms with van der Waals surface area (Å²) in [5.41, 5.74) is 7.64. The molecule has 0 aromatic heterocycles. The van der Waals surface area contributed by atoms with Crippen LogP contribution < -0.4 is 40.0 Å². The van der Waals surface area contributed by atoms with Gasteiger partial charge in [0.05, 0.1) is 35.1 Å². The minimum atomic E-state index is -4.87. The standard InChI is InChI=1S/C57H61N5O12S/c1-33-20-44-40(28-52(75(69,70)71)48-25-39-12-6-8-14-47(39)62(48)57(44)68)27-49(33)73-31-35-21-36(23-41(22-35)60-55(66)34(2)19-43(63)30-59-54(65)16-10-9-15-53(64)58-3)32-74-51-26-37-17-18-42-24-38-11-5-7-13-46(38)61(42)56(67)45(37)29-50(51)72-4/h5-8,11-14,20-23,26-27,29,34,42,48,52H,9-10,15-19,24-25,28,30-32H2,1-4H3,(H,58,64)(H,59,65)(H,60,66)(H,69,70,71)/p-1/t34-,42-,48+,52?/m1/s1. The molecule has 0 radical (unpaired) electrons. The zero-order valence-corrected chi connectivity index (χ0v) is 43.2. The molecular weight excluding hydrogens is 979 g/mol. The Kier molecular flexibility index (Phi) is 15.4. The van der Waals surface area contributed by atoms with Gasteiger partial charge < -0.3 is 44.5 Å². The van der Waals surface area contributed by atoms with E-state index in [1.807, 2.05) is 47.4 Å². The van der Waals surface area contributed by atoms with Gasteiger partial charge in [-0.2, -0.15) is 0 Å². The molecule has 0 saturated carbocycles. The van der Waals surface area contributed by atoms with Crippen molar-refractivity contribution in [2.45, 2.75) is 109 Å². The van der Waals surface area contributed by atoms with Crippen molar-refractivity contribution < 1.29 is 55.9 Å². The molecule has 0 saturated heterocycles. The van der Waals surface area contributed by atoms with Crippen LogP contribution in [0.3, 0.4) is 0 Å². The van der Waals surface area contributed by atoms with Crippen LogP contribution in [0, 0.1) is 12.8 Å². The number of unbranched alkanes of at least 4 members (excludes halogenated alkanes) is 1. The second-order valence-corrected chi connectivity index (χ2v) is 21.4. The summed E-state index contributed by atoms with van der Waals surface area (Å²) in [7, 11) is -1.81. The Morgan fingerprint density at radius 3 is 2.03 bits per heavy atom. The van der Waals surface area contributed by atoms with Crippen LogP contribution >= 0.6 is 0 Å². The lowest BCUT2D eigenvalue weighted by Crippen LogP contribution is -2.47. The van der Waals surface area contributed by atoms with Crippen molar-refractivity contribution in [3.8, 4) is 17.2 Å². The number of hydrogen-bond acceptors (Lipinski definition) is 12. The number of anilines is 3. The number of rotatable bonds is 19. The number of ether oxygens (including phenoxy) is 3. The zero-order chi connectivity index (χ0) is 53.1. The second-order valence-electron chi connectivity index (χ2n) is 19.9. The Morgan fingerprint density at radius 2 is 1.35 bits per heavy atom. The number of Topliss-reactive ketones (excluding diaryl/α,β-unsaturated/α-hetero) is 1. The number of nitrogens with zero attached hydrogens (tertiary/aromatic N) is 2. The van der Waals surface area contributed by atoms with E-state index in [1.165, 1.54) is 12.0 Å². The number of nitrogens with one attached hydrogen (secondary N) is 3. The van der Waals surface area contributed by atoms with E-state index in [0.717, 1.165) is 35.2 Å². The molecule has 75 heavy (non-hydrogen) atoms. The van der Waals surface area contributed by atoms with E-state index in [2.05, 4.69) is 22.0 Å².